The predicted molar refractivity (Wildman–Crippen MR) is 69.2 cm³/mol. The van der Waals surface area contributed by atoms with E-state index in [1.165, 1.54) is 0 Å². The maximum Gasteiger partial charge on any atom is 0.404 e. The van der Waals surface area contributed by atoms with Crippen molar-refractivity contribution >= 4 is 17.7 Å². The molecule has 1 aromatic rings. The second-order valence-corrected chi connectivity index (χ2v) is 4.95. The average Bonchev–Trinajstić information content (AvgIpc) is 2.75. The van der Waals surface area contributed by atoms with Crippen LogP contribution in [0, 0.1) is 5.92 Å². The molecule has 0 spiro atoms. The fourth-order valence-electron chi connectivity index (χ4n) is 2.32. The minimum Gasteiger partial charge on any atom is -0.493 e. The summed E-state index contributed by atoms with van der Waals surface area (Å²) in [5.74, 6) is 1.01. The molecular weight excluding hydrogens is 254 g/mol. The summed E-state index contributed by atoms with van der Waals surface area (Å²) in [5.41, 5.74) is 0. The molecule has 2 atom stereocenters. The number of carboxylic acid groups (broad SMARTS) is 1. The Bertz CT molecular complexity index is 407. The first-order valence-corrected chi connectivity index (χ1v) is 6.41. The van der Waals surface area contributed by atoms with Gasteiger partial charge in [0.15, 0.2) is 0 Å². The minimum absolute atomic E-state index is 0.00907. The fraction of sp³-hybridized carbons (Fsp3) is 0.462. The lowest BCUT2D eigenvalue weighted by molar-refractivity contribution is 0.177. The normalized spacial score (nSPS) is 22.7. The largest absolute Gasteiger partial charge is 0.493 e. The van der Waals surface area contributed by atoms with Gasteiger partial charge in [0, 0.05) is 17.0 Å². The Morgan fingerprint density at radius 1 is 1.39 bits per heavy atom. The Hall–Kier alpha value is -1.42. The molecule has 5 heteroatoms. The van der Waals surface area contributed by atoms with Gasteiger partial charge in [0.2, 0.25) is 0 Å². The van der Waals surface area contributed by atoms with E-state index in [0.717, 1.165) is 25.0 Å². The summed E-state index contributed by atoms with van der Waals surface area (Å²) in [6.45, 7) is 0.534. The van der Waals surface area contributed by atoms with Crippen LogP contribution in [-0.4, -0.2) is 23.8 Å². The first kappa shape index (κ1) is 13.0. The summed E-state index contributed by atoms with van der Waals surface area (Å²) in [6, 6.07) is 7.19. The van der Waals surface area contributed by atoms with E-state index in [2.05, 4.69) is 5.32 Å². The van der Waals surface area contributed by atoms with Gasteiger partial charge in [-0.25, -0.2) is 4.79 Å². The van der Waals surface area contributed by atoms with E-state index in [4.69, 9.17) is 21.4 Å². The average molecular weight is 270 g/mol. The van der Waals surface area contributed by atoms with Crippen LogP contribution < -0.4 is 10.1 Å². The van der Waals surface area contributed by atoms with E-state index in [0.29, 0.717) is 11.6 Å². The van der Waals surface area contributed by atoms with Crippen molar-refractivity contribution in [3.63, 3.8) is 0 Å². The summed E-state index contributed by atoms with van der Waals surface area (Å²) in [5, 5.41) is 12.0. The van der Waals surface area contributed by atoms with Gasteiger partial charge in [0.25, 0.3) is 0 Å². The molecule has 1 aliphatic carbocycles. The van der Waals surface area contributed by atoms with Crippen LogP contribution in [0.4, 0.5) is 4.79 Å². The molecule has 0 radical (unpaired) electrons. The van der Waals surface area contributed by atoms with Gasteiger partial charge in [-0.1, -0.05) is 18.0 Å². The molecule has 0 heterocycles. The number of amides is 1. The van der Waals surface area contributed by atoms with Crippen LogP contribution in [0.1, 0.15) is 19.3 Å². The molecule has 1 saturated carbocycles. The topological polar surface area (TPSA) is 58.6 Å². The van der Waals surface area contributed by atoms with Crippen LogP contribution >= 0.6 is 11.6 Å². The number of ether oxygens (including phenoxy) is 1. The molecule has 98 valence electrons. The SMILES string of the molecule is O=C(O)N[C@H]1CCC[C@@H]1COc1ccc(Cl)cc1. The standard InChI is InChI=1S/C13H16ClNO3/c14-10-4-6-11(7-5-10)18-8-9-2-1-3-12(9)15-13(16)17/h4-7,9,12,15H,1-3,8H2,(H,16,17)/t9-,12+/m1/s1. The third kappa shape index (κ3) is 3.53. The monoisotopic (exact) mass is 269 g/mol. The Kier molecular flexibility index (Phi) is 4.31. The Morgan fingerprint density at radius 3 is 2.78 bits per heavy atom. The van der Waals surface area contributed by atoms with Gasteiger partial charge < -0.3 is 15.2 Å². The number of benzene rings is 1. The molecule has 0 unspecified atom stereocenters. The number of carbonyl (C=O) groups is 1. The molecule has 1 aromatic carbocycles. The van der Waals surface area contributed by atoms with Crippen LogP contribution in [0.25, 0.3) is 0 Å². The maximum absolute atomic E-state index is 10.6. The Morgan fingerprint density at radius 2 is 2.11 bits per heavy atom. The highest BCUT2D eigenvalue weighted by atomic mass is 35.5. The molecule has 2 N–H and O–H groups in total. The zero-order valence-electron chi connectivity index (χ0n) is 9.93. The Balaban J connectivity index is 1.85. The first-order chi connectivity index (χ1) is 8.65. The molecule has 2 rings (SSSR count). The van der Waals surface area contributed by atoms with Gasteiger partial charge >= 0.3 is 6.09 Å². The quantitative estimate of drug-likeness (QED) is 0.883. The summed E-state index contributed by atoms with van der Waals surface area (Å²) >= 11 is 5.79. The van der Waals surface area contributed by atoms with Gasteiger partial charge in [0.1, 0.15) is 5.75 Å². The van der Waals surface area contributed by atoms with Gasteiger partial charge in [-0.15, -0.1) is 0 Å². The lowest BCUT2D eigenvalue weighted by Gasteiger charge is -2.19. The second kappa shape index (κ2) is 5.96. The van der Waals surface area contributed by atoms with Crippen molar-refractivity contribution in [2.75, 3.05) is 6.61 Å². The van der Waals surface area contributed by atoms with Crippen LogP contribution in [0.15, 0.2) is 24.3 Å². The molecule has 4 nitrogen and oxygen atoms in total. The fourth-order valence-corrected chi connectivity index (χ4v) is 2.45. The highest BCUT2D eigenvalue weighted by molar-refractivity contribution is 6.30. The summed E-state index contributed by atoms with van der Waals surface area (Å²) in [6.07, 6.45) is 1.97. The molecule has 1 amide bonds. The van der Waals surface area contributed by atoms with Crippen molar-refractivity contribution in [1.29, 1.82) is 0 Å². The molecular formula is C13H16ClNO3. The molecule has 0 bridgehead atoms. The predicted octanol–water partition coefficient (Wildman–Crippen LogP) is 3.16. The van der Waals surface area contributed by atoms with E-state index in [9.17, 15) is 4.79 Å². The first-order valence-electron chi connectivity index (χ1n) is 6.03. The second-order valence-electron chi connectivity index (χ2n) is 4.51. The number of nitrogens with one attached hydrogen (secondary N) is 1. The van der Waals surface area contributed by atoms with E-state index in [-0.39, 0.29) is 12.0 Å². The van der Waals surface area contributed by atoms with E-state index < -0.39 is 6.09 Å². The molecule has 18 heavy (non-hydrogen) atoms. The van der Waals surface area contributed by atoms with Crippen molar-refractivity contribution in [2.24, 2.45) is 5.92 Å². The van der Waals surface area contributed by atoms with Crippen molar-refractivity contribution in [1.82, 2.24) is 5.32 Å². The van der Waals surface area contributed by atoms with E-state index >= 15 is 0 Å². The molecule has 0 aliphatic heterocycles. The van der Waals surface area contributed by atoms with Crippen LogP contribution in [0.5, 0.6) is 5.75 Å². The minimum atomic E-state index is -0.960. The van der Waals surface area contributed by atoms with Gasteiger partial charge in [-0.05, 0) is 37.1 Å². The number of hydrogen-bond donors (Lipinski definition) is 2. The lowest BCUT2D eigenvalue weighted by atomic mass is 10.1. The van der Waals surface area contributed by atoms with Gasteiger partial charge in [-0.3, -0.25) is 0 Å². The van der Waals surface area contributed by atoms with E-state index in [1.54, 1.807) is 12.1 Å². The smallest absolute Gasteiger partial charge is 0.404 e. The number of hydrogen-bond acceptors (Lipinski definition) is 2. The number of halogens is 1. The summed E-state index contributed by atoms with van der Waals surface area (Å²) < 4.78 is 5.67. The summed E-state index contributed by atoms with van der Waals surface area (Å²) in [7, 11) is 0. The zero-order chi connectivity index (χ0) is 13.0. The highest BCUT2D eigenvalue weighted by Gasteiger charge is 2.28. The van der Waals surface area contributed by atoms with Crippen molar-refractivity contribution in [3.8, 4) is 5.75 Å². The lowest BCUT2D eigenvalue weighted by Crippen LogP contribution is -2.38. The third-order valence-corrected chi connectivity index (χ3v) is 3.50. The molecule has 0 aromatic heterocycles. The molecule has 1 aliphatic rings. The van der Waals surface area contributed by atoms with Crippen LogP contribution in [0.3, 0.4) is 0 Å². The van der Waals surface area contributed by atoms with E-state index in [1.807, 2.05) is 12.1 Å². The molecule has 1 fully saturated rings. The van der Waals surface area contributed by atoms with Gasteiger partial charge in [-0.2, -0.15) is 0 Å². The Labute approximate surface area is 111 Å². The van der Waals surface area contributed by atoms with Crippen molar-refractivity contribution < 1.29 is 14.6 Å². The van der Waals surface area contributed by atoms with Crippen molar-refractivity contribution in [3.05, 3.63) is 29.3 Å². The van der Waals surface area contributed by atoms with Crippen LogP contribution in [-0.2, 0) is 0 Å². The molecule has 0 saturated heterocycles. The zero-order valence-corrected chi connectivity index (χ0v) is 10.7. The van der Waals surface area contributed by atoms with Gasteiger partial charge in [0.05, 0.1) is 6.61 Å². The van der Waals surface area contributed by atoms with Crippen LogP contribution in [0.2, 0.25) is 5.02 Å². The highest BCUT2D eigenvalue weighted by Crippen LogP contribution is 2.27. The third-order valence-electron chi connectivity index (χ3n) is 3.25. The maximum atomic E-state index is 10.6. The van der Waals surface area contributed by atoms with Crippen molar-refractivity contribution in [2.45, 2.75) is 25.3 Å². The summed E-state index contributed by atoms with van der Waals surface area (Å²) in [4.78, 5) is 10.6. The number of rotatable bonds is 4.